The molecule has 6 nitrogen and oxygen atoms in total. The lowest BCUT2D eigenvalue weighted by atomic mass is 9.77. The van der Waals surface area contributed by atoms with E-state index in [4.69, 9.17) is 0 Å². The number of rotatable bonds is 3. The fourth-order valence-corrected chi connectivity index (χ4v) is 3.28. The Hall–Kier alpha value is -2.86. The Morgan fingerprint density at radius 2 is 1.81 bits per heavy atom. The summed E-state index contributed by atoms with van der Waals surface area (Å²) in [5, 5.41) is 15.0. The van der Waals surface area contributed by atoms with Gasteiger partial charge in [-0.15, -0.1) is 0 Å². The molecule has 2 N–H and O–H groups in total. The van der Waals surface area contributed by atoms with Gasteiger partial charge in [-0.25, -0.2) is 4.98 Å². The van der Waals surface area contributed by atoms with Crippen molar-refractivity contribution in [3.63, 3.8) is 0 Å². The van der Waals surface area contributed by atoms with Gasteiger partial charge < -0.3 is 10.4 Å². The zero-order valence-electron chi connectivity index (χ0n) is 14.8. The molecule has 0 saturated heterocycles. The molecule has 6 heteroatoms. The van der Waals surface area contributed by atoms with E-state index >= 15 is 0 Å². The predicted molar refractivity (Wildman–Crippen MR) is 99.6 cm³/mol. The van der Waals surface area contributed by atoms with Crippen LogP contribution in [0.4, 0.5) is 5.82 Å². The molecule has 0 unspecified atom stereocenters. The lowest BCUT2D eigenvalue weighted by Gasteiger charge is -2.36. The Bertz CT molecular complexity index is 1010. The first-order valence-corrected chi connectivity index (χ1v) is 8.68. The molecule has 132 valence electrons. The van der Waals surface area contributed by atoms with Crippen LogP contribution in [-0.2, 0) is 10.4 Å². The molecule has 4 rings (SSSR count). The Kier molecular flexibility index (Phi) is 3.92. The van der Waals surface area contributed by atoms with E-state index in [1.165, 1.54) is 6.92 Å². The summed E-state index contributed by atoms with van der Waals surface area (Å²) in [5.41, 5.74) is 2.76. The van der Waals surface area contributed by atoms with Crippen LogP contribution in [0.2, 0.25) is 0 Å². The highest BCUT2D eigenvalue weighted by atomic mass is 16.3. The molecule has 26 heavy (non-hydrogen) atoms. The molecular formula is C20H20N4O2. The van der Waals surface area contributed by atoms with Gasteiger partial charge in [-0.1, -0.05) is 0 Å². The third-order valence-electron chi connectivity index (χ3n) is 4.95. The van der Waals surface area contributed by atoms with Crippen molar-refractivity contribution in [1.82, 2.24) is 15.0 Å². The average Bonchev–Trinajstić information content (AvgIpc) is 2.58. The summed E-state index contributed by atoms with van der Waals surface area (Å²) in [6.45, 7) is 3.46. The fraction of sp³-hybridized carbons (Fsp3) is 0.300. The molecule has 0 radical (unpaired) electrons. The molecule has 0 bridgehead atoms. The van der Waals surface area contributed by atoms with Gasteiger partial charge in [0.2, 0.25) is 5.91 Å². The van der Waals surface area contributed by atoms with Crippen LogP contribution < -0.4 is 5.32 Å². The van der Waals surface area contributed by atoms with Gasteiger partial charge in [0.05, 0.1) is 11.4 Å². The minimum atomic E-state index is -0.760. The first-order chi connectivity index (χ1) is 12.4. The smallest absolute Gasteiger partial charge is 0.222 e. The van der Waals surface area contributed by atoms with Crippen molar-refractivity contribution >= 4 is 22.5 Å². The van der Waals surface area contributed by atoms with Crippen molar-refractivity contribution in [2.45, 2.75) is 38.7 Å². The molecule has 3 aromatic heterocycles. The molecule has 3 heterocycles. The summed E-state index contributed by atoms with van der Waals surface area (Å²) < 4.78 is 0. The van der Waals surface area contributed by atoms with Gasteiger partial charge in [-0.05, 0) is 49.9 Å². The summed E-state index contributed by atoms with van der Waals surface area (Å²) in [7, 11) is 0. The van der Waals surface area contributed by atoms with Gasteiger partial charge in [0.1, 0.15) is 11.4 Å². The molecule has 0 atom stereocenters. The fourth-order valence-electron chi connectivity index (χ4n) is 3.28. The highest BCUT2D eigenvalue weighted by Crippen LogP contribution is 2.40. The molecule has 1 amide bonds. The van der Waals surface area contributed by atoms with Crippen molar-refractivity contribution in [3.05, 3.63) is 48.0 Å². The Labute approximate surface area is 151 Å². The van der Waals surface area contributed by atoms with Gasteiger partial charge in [0.15, 0.2) is 0 Å². The topological polar surface area (TPSA) is 88.0 Å². The molecule has 1 aliphatic carbocycles. The minimum absolute atomic E-state index is 0.156. The standard InChI is InChI=1S/C20H20N4O2/c1-12-6-18(20(26)4-3-5-20)22-11-16(12)17-7-14-10-23-19(24-13(2)25)8-15(14)9-21-17/h6-11,26H,3-5H2,1-2H3,(H,23,24,25). The highest BCUT2D eigenvalue weighted by Gasteiger charge is 2.37. The van der Waals surface area contributed by atoms with Crippen LogP contribution in [0.5, 0.6) is 0 Å². The van der Waals surface area contributed by atoms with Gasteiger partial charge in [-0.3, -0.25) is 14.8 Å². The van der Waals surface area contributed by atoms with Crippen LogP contribution in [0.25, 0.3) is 22.0 Å². The first-order valence-electron chi connectivity index (χ1n) is 8.68. The number of amides is 1. The van der Waals surface area contributed by atoms with Crippen molar-refractivity contribution in [2.75, 3.05) is 5.32 Å². The molecule has 3 aromatic rings. The van der Waals surface area contributed by atoms with E-state index in [0.717, 1.165) is 52.5 Å². The third-order valence-corrected chi connectivity index (χ3v) is 4.95. The van der Waals surface area contributed by atoms with E-state index in [-0.39, 0.29) is 5.91 Å². The number of nitrogens with zero attached hydrogens (tertiary/aromatic N) is 3. The van der Waals surface area contributed by atoms with Crippen LogP contribution in [0.3, 0.4) is 0 Å². The number of anilines is 1. The van der Waals surface area contributed by atoms with Crippen molar-refractivity contribution in [2.24, 2.45) is 0 Å². The Morgan fingerprint density at radius 1 is 1.08 bits per heavy atom. The number of carbonyl (C=O) groups is 1. The van der Waals surface area contributed by atoms with E-state index in [0.29, 0.717) is 5.82 Å². The van der Waals surface area contributed by atoms with Crippen LogP contribution in [-0.4, -0.2) is 26.0 Å². The SMILES string of the molecule is CC(=O)Nc1cc2cnc(-c3cnc(C4(O)CCC4)cc3C)cc2cn1. The molecular weight excluding hydrogens is 328 g/mol. The second kappa shape index (κ2) is 6.14. The number of aryl methyl sites for hydroxylation is 1. The number of pyridine rings is 3. The van der Waals surface area contributed by atoms with Gasteiger partial charge in [-0.2, -0.15) is 0 Å². The van der Waals surface area contributed by atoms with Crippen molar-refractivity contribution < 1.29 is 9.90 Å². The Balaban J connectivity index is 1.69. The maximum absolute atomic E-state index is 11.2. The van der Waals surface area contributed by atoms with E-state index in [1.807, 2.05) is 19.1 Å². The van der Waals surface area contributed by atoms with Crippen molar-refractivity contribution in [3.8, 4) is 11.3 Å². The zero-order valence-corrected chi connectivity index (χ0v) is 14.8. The van der Waals surface area contributed by atoms with Gasteiger partial charge in [0, 0.05) is 41.9 Å². The summed E-state index contributed by atoms with van der Waals surface area (Å²) in [4.78, 5) is 24.4. The normalized spacial score (nSPS) is 15.5. The molecule has 0 aliphatic heterocycles. The largest absolute Gasteiger partial charge is 0.384 e. The Morgan fingerprint density at radius 3 is 2.46 bits per heavy atom. The van der Waals surface area contributed by atoms with Crippen LogP contribution in [0.1, 0.15) is 37.4 Å². The third kappa shape index (κ3) is 2.93. The number of aliphatic hydroxyl groups is 1. The molecule has 1 saturated carbocycles. The van der Waals surface area contributed by atoms with Crippen LogP contribution >= 0.6 is 0 Å². The van der Waals surface area contributed by atoms with Crippen LogP contribution in [0, 0.1) is 6.92 Å². The van der Waals surface area contributed by atoms with Gasteiger partial charge >= 0.3 is 0 Å². The van der Waals surface area contributed by atoms with Gasteiger partial charge in [0.25, 0.3) is 0 Å². The summed E-state index contributed by atoms with van der Waals surface area (Å²) in [6, 6.07) is 5.72. The number of aromatic nitrogens is 3. The monoisotopic (exact) mass is 348 g/mol. The summed E-state index contributed by atoms with van der Waals surface area (Å²) >= 11 is 0. The minimum Gasteiger partial charge on any atom is -0.384 e. The number of nitrogens with one attached hydrogen (secondary N) is 1. The lowest BCUT2D eigenvalue weighted by Crippen LogP contribution is -2.34. The first kappa shape index (κ1) is 16.6. The zero-order chi connectivity index (χ0) is 18.3. The van der Waals surface area contributed by atoms with Crippen molar-refractivity contribution in [1.29, 1.82) is 0 Å². The molecule has 0 aromatic carbocycles. The predicted octanol–water partition coefficient (Wildman–Crippen LogP) is 3.33. The number of hydrogen-bond donors (Lipinski definition) is 2. The highest BCUT2D eigenvalue weighted by molar-refractivity contribution is 5.92. The van der Waals surface area contributed by atoms with E-state index < -0.39 is 5.60 Å². The summed E-state index contributed by atoms with van der Waals surface area (Å²) in [5.74, 6) is 0.354. The number of hydrogen-bond acceptors (Lipinski definition) is 5. The van der Waals surface area contributed by atoms with E-state index in [1.54, 1.807) is 24.7 Å². The van der Waals surface area contributed by atoms with Crippen LogP contribution in [0.15, 0.2) is 36.8 Å². The maximum Gasteiger partial charge on any atom is 0.222 e. The van der Waals surface area contributed by atoms with E-state index in [2.05, 4.69) is 20.3 Å². The lowest BCUT2D eigenvalue weighted by molar-refractivity contribution is -0.114. The average molecular weight is 348 g/mol. The number of fused-ring (bicyclic) bond motifs is 1. The quantitative estimate of drug-likeness (QED) is 0.758. The summed E-state index contributed by atoms with van der Waals surface area (Å²) in [6.07, 6.45) is 7.86. The second-order valence-electron chi connectivity index (χ2n) is 6.94. The molecule has 1 aliphatic rings. The molecule has 0 spiro atoms. The maximum atomic E-state index is 11.2. The second-order valence-corrected chi connectivity index (χ2v) is 6.94. The van der Waals surface area contributed by atoms with E-state index in [9.17, 15) is 9.90 Å². The number of carbonyl (C=O) groups excluding carboxylic acids is 1. The molecule has 1 fully saturated rings.